The lowest BCUT2D eigenvalue weighted by molar-refractivity contribution is -0.122. The summed E-state index contributed by atoms with van der Waals surface area (Å²) in [4.78, 5) is 24.4. The van der Waals surface area contributed by atoms with Gasteiger partial charge in [0.25, 0.3) is 0 Å². The van der Waals surface area contributed by atoms with Gasteiger partial charge < -0.3 is 10.6 Å². The summed E-state index contributed by atoms with van der Waals surface area (Å²) in [5.41, 5.74) is 0. The Kier molecular flexibility index (Phi) is 36.1. The zero-order valence-electron chi connectivity index (χ0n) is 31.1. The molecule has 46 heavy (non-hydrogen) atoms. The molecule has 0 rings (SSSR count). The number of nitrogens with one attached hydrogen (secondary N) is 2. The van der Waals surface area contributed by atoms with E-state index in [1.54, 1.807) is 0 Å². The summed E-state index contributed by atoms with van der Waals surface area (Å²) in [6.45, 7) is 7.30. The summed E-state index contributed by atoms with van der Waals surface area (Å²) in [6, 6.07) is 0.206. The lowest BCUT2D eigenvalue weighted by atomic mass is 10.0. The Hall–Kier alpha value is -1.84. The molecule has 0 bridgehead atoms. The van der Waals surface area contributed by atoms with Crippen molar-refractivity contribution in [2.24, 2.45) is 0 Å². The number of carbonyl (C=O) groups excluding carboxylic acids is 2. The zero-order valence-corrected chi connectivity index (χ0v) is 31.1. The molecule has 0 aliphatic rings. The van der Waals surface area contributed by atoms with E-state index >= 15 is 0 Å². The number of amides is 2. The minimum atomic E-state index is 0.186. The third kappa shape index (κ3) is 36.6. The zero-order chi connectivity index (χ0) is 33.6. The van der Waals surface area contributed by atoms with Gasteiger partial charge in [0, 0.05) is 25.4 Å². The summed E-state index contributed by atoms with van der Waals surface area (Å²) in [5.74, 6) is 0.386. The fourth-order valence-corrected chi connectivity index (χ4v) is 5.87. The van der Waals surface area contributed by atoms with Gasteiger partial charge >= 0.3 is 0 Å². The highest BCUT2D eigenvalue weighted by molar-refractivity contribution is 5.76. The first kappa shape index (κ1) is 44.2. The second-order valence-electron chi connectivity index (χ2n) is 13.6. The maximum atomic E-state index is 12.3. The number of carbonyl (C=O) groups is 2. The van der Waals surface area contributed by atoms with Crippen molar-refractivity contribution >= 4 is 11.8 Å². The molecule has 2 N–H and O–H groups in total. The first-order chi connectivity index (χ1) is 22.6. The van der Waals surface area contributed by atoms with Crippen LogP contribution in [0, 0.1) is 0 Å². The normalized spacial score (nSPS) is 12.5. The third-order valence-electron chi connectivity index (χ3n) is 8.86. The van der Waals surface area contributed by atoms with E-state index in [1.165, 1.54) is 109 Å². The van der Waals surface area contributed by atoms with Crippen LogP contribution in [-0.2, 0) is 9.59 Å². The van der Waals surface area contributed by atoms with Crippen molar-refractivity contribution in [2.75, 3.05) is 6.54 Å². The molecule has 0 fully saturated rings. The molecule has 0 aliphatic carbocycles. The second kappa shape index (κ2) is 37.6. The molecule has 268 valence electrons. The molecular weight excluding hydrogens is 564 g/mol. The van der Waals surface area contributed by atoms with Crippen LogP contribution in [0.4, 0.5) is 0 Å². The third-order valence-corrected chi connectivity index (χ3v) is 8.86. The summed E-state index contributed by atoms with van der Waals surface area (Å²) in [6.07, 6.45) is 48.2. The van der Waals surface area contributed by atoms with Crippen molar-refractivity contribution in [3.05, 3.63) is 36.5 Å². The summed E-state index contributed by atoms with van der Waals surface area (Å²) >= 11 is 0. The molecular formula is C42H78N2O2. The molecule has 0 saturated carbocycles. The van der Waals surface area contributed by atoms with Crippen molar-refractivity contribution in [3.8, 4) is 0 Å². The summed E-state index contributed by atoms with van der Waals surface area (Å²) < 4.78 is 0. The van der Waals surface area contributed by atoms with E-state index in [-0.39, 0.29) is 17.9 Å². The second-order valence-corrected chi connectivity index (χ2v) is 13.6. The highest BCUT2D eigenvalue weighted by Crippen LogP contribution is 2.14. The minimum absolute atomic E-state index is 0.186. The van der Waals surface area contributed by atoms with Gasteiger partial charge in [0.1, 0.15) is 0 Å². The molecule has 0 aromatic heterocycles. The number of unbranched alkanes of at least 4 members (excludes halogenated alkanes) is 20. The van der Waals surface area contributed by atoms with Crippen molar-refractivity contribution in [1.29, 1.82) is 0 Å². The highest BCUT2D eigenvalue weighted by Gasteiger charge is 2.07. The van der Waals surface area contributed by atoms with Crippen LogP contribution in [0.3, 0.4) is 0 Å². The van der Waals surface area contributed by atoms with Crippen LogP contribution in [0.25, 0.3) is 0 Å². The molecule has 2 amide bonds. The van der Waals surface area contributed by atoms with Crippen molar-refractivity contribution in [1.82, 2.24) is 10.6 Å². The molecule has 0 aromatic rings. The van der Waals surface area contributed by atoms with Gasteiger partial charge in [0.05, 0.1) is 0 Å². The number of hydrogen-bond donors (Lipinski definition) is 2. The van der Waals surface area contributed by atoms with Gasteiger partial charge in [-0.15, -0.1) is 0 Å². The maximum absolute atomic E-state index is 12.3. The van der Waals surface area contributed by atoms with E-state index < -0.39 is 0 Å². The first-order valence-electron chi connectivity index (χ1n) is 20.1. The van der Waals surface area contributed by atoms with E-state index in [2.05, 4.69) is 67.9 Å². The number of rotatable bonds is 35. The van der Waals surface area contributed by atoms with Crippen LogP contribution in [-0.4, -0.2) is 24.4 Å². The Bertz CT molecular complexity index is 742. The SMILES string of the molecule is CC/C=C\C/C=C\C/C=C\CCCCCCCC(=O)N[C@H](C)CCCCNC(=O)CCCCCCCCCCCCCCCCC. The molecule has 0 aliphatic heterocycles. The van der Waals surface area contributed by atoms with Gasteiger partial charge in [-0.3, -0.25) is 9.59 Å². The van der Waals surface area contributed by atoms with Gasteiger partial charge in [0.15, 0.2) is 0 Å². The Morgan fingerprint density at radius 3 is 1.50 bits per heavy atom. The molecule has 0 radical (unpaired) electrons. The summed E-state index contributed by atoms with van der Waals surface area (Å²) in [5, 5.41) is 6.24. The van der Waals surface area contributed by atoms with Crippen LogP contribution in [0.1, 0.15) is 207 Å². The monoisotopic (exact) mass is 643 g/mol. The Morgan fingerprint density at radius 2 is 0.957 bits per heavy atom. The van der Waals surface area contributed by atoms with E-state index in [1.807, 2.05) is 0 Å². The first-order valence-corrected chi connectivity index (χ1v) is 20.1. The van der Waals surface area contributed by atoms with Crippen molar-refractivity contribution in [3.63, 3.8) is 0 Å². The Balaban J connectivity index is 3.43. The van der Waals surface area contributed by atoms with Crippen LogP contribution in [0.2, 0.25) is 0 Å². The van der Waals surface area contributed by atoms with Gasteiger partial charge in [0.2, 0.25) is 11.8 Å². The van der Waals surface area contributed by atoms with E-state index in [0.29, 0.717) is 12.8 Å². The fraction of sp³-hybridized carbons (Fsp3) is 0.810. The minimum Gasteiger partial charge on any atom is -0.356 e. The van der Waals surface area contributed by atoms with Crippen LogP contribution in [0.5, 0.6) is 0 Å². The van der Waals surface area contributed by atoms with E-state index in [4.69, 9.17) is 0 Å². The molecule has 0 spiro atoms. The number of hydrogen-bond acceptors (Lipinski definition) is 2. The van der Waals surface area contributed by atoms with E-state index in [9.17, 15) is 9.59 Å². The maximum Gasteiger partial charge on any atom is 0.220 e. The van der Waals surface area contributed by atoms with Gasteiger partial charge in [-0.25, -0.2) is 0 Å². The van der Waals surface area contributed by atoms with Gasteiger partial charge in [-0.2, -0.15) is 0 Å². The quantitative estimate of drug-likeness (QED) is 0.0534. The van der Waals surface area contributed by atoms with Crippen LogP contribution >= 0.6 is 0 Å². The fourth-order valence-electron chi connectivity index (χ4n) is 5.87. The Morgan fingerprint density at radius 1 is 0.500 bits per heavy atom. The van der Waals surface area contributed by atoms with Crippen molar-refractivity contribution in [2.45, 2.75) is 213 Å². The highest BCUT2D eigenvalue weighted by atomic mass is 16.2. The molecule has 4 nitrogen and oxygen atoms in total. The molecule has 0 saturated heterocycles. The van der Waals surface area contributed by atoms with Gasteiger partial charge in [-0.05, 0) is 71.1 Å². The van der Waals surface area contributed by atoms with Crippen LogP contribution < -0.4 is 10.6 Å². The smallest absolute Gasteiger partial charge is 0.220 e. The molecule has 0 heterocycles. The average Bonchev–Trinajstić information content (AvgIpc) is 3.04. The molecule has 4 heteroatoms. The van der Waals surface area contributed by atoms with Crippen molar-refractivity contribution < 1.29 is 9.59 Å². The molecule has 0 unspecified atom stereocenters. The molecule has 0 aromatic carbocycles. The average molecular weight is 643 g/mol. The predicted molar refractivity (Wildman–Crippen MR) is 203 cm³/mol. The molecule has 1 atom stereocenters. The number of allylic oxidation sites excluding steroid dienone is 6. The summed E-state index contributed by atoms with van der Waals surface area (Å²) in [7, 11) is 0. The standard InChI is InChI=1S/C42H78N2O2/c1-4-6-8-10-12-14-16-18-20-22-24-26-28-30-32-37-41(45)43-39-35-34-36-40(3)44-42(46)38-33-31-29-27-25-23-21-19-17-15-13-11-9-7-5-2/h7,9,13,15,19,21,40H,4-6,8,10-12,14,16-18,20,22-39H2,1-3H3,(H,43,45)(H,44,46)/b9-7-,15-13-,21-19-/t40-/m1/s1. The Labute approximate surface area is 287 Å². The lowest BCUT2D eigenvalue weighted by Gasteiger charge is -2.14. The van der Waals surface area contributed by atoms with E-state index in [0.717, 1.165) is 70.8 Å². The topological polar surface area (TPSA) is 58.2 Å². The van der Waals surface area contributed by atoms with Gasteiger partial charge in [-0.1, -0.05) is 159 Å². The predicted octanol–water partition coefficient (Wildman–Crippen LogP) is 12.6. The van der Waals surface area contributed by atoms with Crippen LogP contribution in [0.15, 0.2) is 36.5 Å². The largest absolute Gasteiger partial charge is 0.356 e. The lowest BCUT2D eigenvalue weighted by Crippen LogP contribution is -2.32.